The summed E-state index contributed by atoms with van der Waals surface area (Å²) in [6.07, 6.45) is 2.86. The fourth-order valence-electron chi connectivity index (χ4n) is 3.94. The van der Waals surface area contributed by atoms with Crippen LogP contribution in [0.4, 0.5) is 4.39 Å². The summed E-state index contributed by atoms with van der Waals surface area (Å²) in [5, 5.41) is 11.1. The molecular formula is C18H25ClFNO3. The number of likely N-dealkylation sites (tertiary alicyclic amines) is 1. The monoisotopic (exact) mass is 357 g/mol. The second-order valence-corrected chi connectivity index (χ2v) is 7.50. The molecule has 0 saturated carbocycles. The van der Waals surface area contributed by atoms with E-state index in [9.17, 15) is 9.50 Å². The summed E-state index contributed by atoms with van der Waals surface area (Å²) < 4.78 is 25.2. The van der Waals surface area contributed by atoms with Crippen LogP contribution < -0.4 is 0 Å². The molecule has 134 valence electrons. The predicted octanol–water partition coefficient (Wildman–Crippen LogP) is 3.00. The van der Waals surface area contributed by atoms with Crippen LogP contribution in [0.15, 0.2) is 18.2 Å². The highest BCUT2D eigenvalue weighted by Gasteiger charge is 2.46. The van der Waals surface area contributed by atoms with Gasteiger partial charge in [-0.05, 0) is 25.0 Å². The first kappa shape index (κ1) is 18.1. The van der Waals surface area contributed by atoms with Gasteiger partial charge >= 0.3 is 0 Å². The zero-order valence-corrected chi connectivity index (χ0v) is 14.8. The summed E-state index contributed by atoms with van der Waals surface area (Å²) in [7, 11) is 1.61. The van der Waals surface area contributed by atoms with Crippen molar-refractivity contribution in [1.29, 1.82) is 0 Å². The van der Waals surface area contributed by atoms with Crippen LogP contribution in [0.5, 0.6) is 0 Å². The first-order chi connectivity index (χ1) is 11.5. The molecule has 2 aliphatic rings. The molecule has 1 atom stereocenters. The van der Waals surface area contributed by atoms with Crippen LogP contribution in [0, 0.1) is 5.82 Å². The molecule has 0 amide bonds. The highest BCUT2D eigenvalue weighted by molar-refractivity contribution is 6.31. The molecule has 0 aromatic heterocycles. The van der Waals surface area contributed by atoms with E-state index in [-0.39, 0.29) is 11.4 Å². The van der Waals surface area contributed by atoms with Gasteiger partial charge in [-0.15, -0.1) is 0 Å². The molecule has 1 N–H and O–H groups in total. The smallest absolute Gasteiger partial charge is 0.129 e. The van der Waals surface area contributed by atoms with Crippen molar-refractivity contribution in [3.63, 3.8) is 0 Å². The minimum atomic E-state index is -0.802. The SMILES string of the molecule is COCC1(O)CCOC2(CCN(Cc3c(F)cccc3Cl)CC2)C1. The summed E-state index contributed by atoms with van der Waals surface area (Å²) in [4.78, 5) is 2.20. The van der Waals surface area contributed by atoms with Gasteiger partial charge in [-0.3, -0.25) is 4.90 Å². The molecule has 1 spiro atoms. The molecule has 6 heteroatoms. The Kier molecular flexibility index (Phi) is 5.47. The third-order valence-electron chi connectivity index (χ3n) is 5.25. The van der Waals surface area contributed by atoms with E-state index in [1.807, 2.05) is 0 Å². The number of nitrogens with zero attached hydrogens (tertiary/aromatic N) is 1. The number of piperidine rings is 1. The van der Waals surface area contributed by atoms with E-state index in [4.69, 9.17) is 21.1 Å². The van der Waals surface area contributed by atoms with E-state index < -0.39 is 5.60 Å². The molecule has 4 nitrogen and oxygen atoms in total. The Labute approximate surface area is 147 Å². The summed E-state index contributed by atoms with van der Waals surface area (Å²) in [5.41, 5.74) is -0.541. The van der Waals surface area contributed by atoms with Crippen LogP contribution >= 0.6 is 11.6 Å². The Morgan fingerprint density at radius 1 is 1.33 bits per heavy atom. The fraction of sp³-hybridized carbons (Fsp3) is 0.667. The van der Waals surface area contributed by atoms with Gasteiger partial charge in [0, 0.05) is 50.2 Å². The second kappa shape index (κ2) is 7.26. The lowest BCUT2D eigenvalue weighted by Crippen LogP contribution is -2.55. The third kappa shape index (κ3) is 3.92. The molecule has 2 heterocycles. The largest absolute Gasteiger partial charge is 0.387 e. The van der Waals surface area contributed by atoms with Crippen LogP contribution in [-0.2, 0) is 16.0 Å². The summed E-state index contributed by atoms with van der Waals surface area (Å²) in [6.45, 7) is 3.00. The van der Waals surface area contributed by atoms with Gasteiger partial charge in [0.2, 0.25) is 0 Å². The number of halogens is 2. The molecule has 2 fully saturated rings. The summed E-state index contributed by atoms with van der Waals surface area (Å²) in [6, 6.07) is 4.79. The van der Waals surface area contributed by atoms with Gasteiger partial charge in [-0.1, -0.05) is 17.7 Å². The van der Waals surface area contributed by atoms with Crippen LogP contribution in [0.2, 0.25) is 5.02 Å². The van der Waals surface area contributed by atoms with Gasteiger partial charge in [0.25, 0.3) is 0 Å². The second-order valence-electron chi connectivity index (χ2n) is 7.09. The Morgan fingerprint density at radius 2 is 2.08 bits per heavy atom. The van der Waals surface area contributed by atoms with Crippen molar-refractivity contribution in [1.82, 2.24) is 4.90 Å². The van der Waals surface area contributed by atoms with Gasteiger partial charge in [-0.2, -0.15) is 0 Å². The predicted molar refractivity (Wildman–Crippen MR) is 90.7 cm³/mol. The topological polar surface area (TPSA) is 41.9 Å². The van der Waals surface area contributed by atoms with E-state index in [1.54, 1.807) is 19.2 Å². The molecule has 2 aliphatic heterocycles. The molecule has 1 unspecified atom stereocenters. The molecule has 0 radical (unpaired) electrons. The molecule has 24 heavy (non-hydrogen) atoms. The van der Waals surface area contributed by atoms with Crippen molar-refractivity contribution in [2.24, 2.45) is 0 Å². The van der Waals surface area contributed by atoms with Crippen molar-refractivity contribution >= 4 is 11.6 Å². The minimum absolute atomic E-state index is 0.258. The fourth-order valence-corrected chi connectivity index (χ4v) is 4.16. The zero-order valence-electron chi connectivity index (χ0n) is 14.1. The first-order valence-corrected chi connectivity index (χ1v) is 8.84. The summed E-state index contributed by atoms with van der Waals surface area (Å²) in [5.74, 6) is -0.258. The lowest BCUT2D eigenvalue weighted by Gasteiger charge is -2.49. The Balaban J connectivity index is 1.61. The van der Waals surface area contributed by atoms with Crippen molar-refractivity contribution in [3.8, 4) is 0 Å². The molecular weight excluding hydrogens is 333 g/mol. The quantitative estimate of drug-likeness (QED) is 0.899. The van der Waals surface area contributed by atoms with Gasteiger partial charge in [0.15, 0.2) is 0 Å². The van der Waals surface area contributed by atoms with Crippen molar-refractivity contribution < 1.29 is 19.0 Å². The zero-order chi connectivity index (χ0) is 17.2. The number of benzene rings is 1. The van der Waals surface area contributed by atoms with E-state index in [0.29, 0.717) is 43.2 Å². The molecule has 0 bridgehead atoms. The van der Waals surface area contributed by atoms with Crippen LogP contribution in [0.25, 0.3) is 0 Å². The minimum Gasteiger partial charge on any atom is -0.387 e. The Hall–Kier alpha value is -0.720. The van der Waals surface area contributed by atoms with Gasteiger partial charge in [-0.25, -0.2) is 4.39 Å². The number of hydrogen-bond acceptors (Lipinski definition) is 4. The molecule has 1 aromatic carbocycles. The number of aliphatic hydroxyl groups is 1. The van der Waals surface area contributed by atoms with E-state index in [0.717, 1.165) is 25.9 Å². The maximum Gasteiger partial charge on any atom is 0.129 e. The lowest BCUT2D eigenvalue weighted by atomic mass is 9.77. The Morgan fingerprint density at radius 3 is 2.75 bits per heavy atom. The average Bonchev–Trinajstić information content (AvgIpc) is 2.53. The normalized spacial score (nSPS) is 27.5. The molecule has 0 aliphatic carbocycles. The maximum atomic E-state index is 14.0. The van der Waals surface area contributed by atoms with Crippen molar-refractivity contribution in [3.05, 3.63) is 34.6 Å². The third-order valence-corrected chi connectivity index (χ3v) is 5.60. The van der Waals surface area contributed by atoms with Crippen LogP contribution in [0.3, 0.4) is 0 Å². The maximum absolute atomic E-state index is 14.0. The average molecular weight is 358 g/mol. The number of hydrogen-bond donors (Lipinski definition) is 1. The number of methoxy groups -OCH3 is 1. The molecule has 1 aromatic rings. The van der Waals surface area contributed by atoms with Gasteiger partial charge < -0.3 is 14.6 Å². The standard InChI is InChI=1S/C18H25ClFNO3/c1-23-13-17(22)7-10-24-18(12-17)5-8-21(9-6-18)11-14-15(19)3-2-4-16(14)20/h2-4,22H,5-13H2,1H3. The first-order valence-electron chi connectivity index (χ1n) is 8.46. The van der Waals surface area contributed by atoms with E-state index in [2.05, 4.69) is 4.90 Å². The Bertz CT molecular complexity index is 553. The van der Waals surface area contributed by atoms with Crippen LogP contribution in [0.1, 0.15) is 31.2 Å². The number of rotatable bonds is 4. The highest BCUT2D eigenvalue weighted by Crippen LogP contribution is 2.40. The molecule has 3 rings (SSSR count). The lowest BCUT2D eigenvalue weighted by molar-refractivity contribution is -0.191. The molecule has 2 saturated heterocycles. The highest BCUT2D eigenvalue weighted by atomic mass is 35.5. The van der Waals surface area contributed by atoms with E-state index >= 15 is 0 Å². The van der Waals surface area contributed by atoms with Crippen molar-refractivity contribution in [2.75, 3.05) is 33.4 Å². The van der Waals surface area contributed by atoms with Gasteiger partial charge in [0.1, 0.15) is 5.82 Å². The van der Waals surface area contributed by atoms with Crippen LogP contribution in [-0.4, -0.2) is 54.6 Å². The number of ether oxygens (including phenoxy) is 2. The summed E-state index contributed by atoms with van der Waals surface area (Å²) >= 11 is 6.12. The van der Waals surface area contributed by atoms with Gasteiger partial charge in [0.05, 0.1) is 24.4 Å². The van der Waals surface area contributed by atoms with Crippen molar-refractivity contribution in [2.45, 2.75) is 43.4 Å². The van der Waals surface area contributed by atoms with E-state index in [1.165, 1.54) is 6.07 Å².